The van der Waals surface area contributed by atoms with Crippen molar-refractivity contribution in [1.29, 1.82) is 0 Å². The Morgan fingerprint density at radius 1 is 1.21 bits per heavy atom. The van der Waals surface area contributed by atoms with Crippen molar-refractivity contribution in [1.82, 2.24) is 25.2 Å². The number of aryl methyl sites for hydroxylation is 2. The Hall–Kier alpha value is -3.52. The molecule has 4 heterocycles. The summed E-state index contributed by atoms with van der Waals surface area (Å²) in [5.74, 6) is 0.667. The number of anilines is 1. The Balaban J connectivity index is 1.52. The van der Waals surface area contributed by atoms with Crippen molar-refractivity contribution in [2.45, 2.75) is 51.8 Å². The first-order valence-electron chi connectivity index (χ1n) is 12.0. The predicted octanol–water partition coefficient (Wildman–Crippen LogP) is 3.46. The molecule has 1 saturated heterocycles. The van der Waals surface area contributed by atoms with Gasteiger partial charge in [0.15, 0.2) is 5.82 Å². The first-order chi connectivity index (χ1) is 16.6. The third-order valence-electron chi connectivity index (χ3n) is 7.31. The third kappa shape index (κ3) is 3.49. The van der Waals surface area contributed by atoms with Crippen LogP contribution in [-0.2, 0) is 17.7 Å². The molecule has 0 radical (unpaired) electrons. The molecule has 0 unspecified atom stereocenters. The molecule has 2 aromatic carbocycles. The topological polar surface area (TPSA) is 88.9 Å². The Morgan fingerprint density at radius 2 is 2.09 bits per heavy atom. The Bertz CT molecular complexity index is 1420. The van der Waals surface area contributed by atoms with Crippen LogP contribution in [0.4, 0.5) is 5.69 Å². The van der Waals surface area contributed by atoms with Crippen molar-refractivity contribution < 1.29 is 4.74 Å². The van der Waals surface area contributed by atoms with Crippen LogP contribution in [0.1, 0.15) is 47.0 Å². The van der Waals surface area contributed by atoms with E-state index in [2.05, 4.69) is 62.7 Å². The van der Waals surface area contributed by atoms with Gasteiger partial charge in [-0.25, -0.2) is 4.68 Å². The second-order valence-electron chi connectivity index (χ2n) is 9.35. The van der Waals surface area contributed by atoms with Gasteiger partial charge < -0.3 is 14.6 Å². The molecule has 8 heteroatoms. The lowest BCUT2D eigenvalue weighted by molar-refractivity contribution is 0.0924. The number of H-pyrrole nitrogens is 1. The molecule has 2 atom stereocenters. The highest BCUT2D eigenvalue weighted by Gasteiger charge is 2.35. The number of benzene rings is 2. The number of aromatic amines is 1. The predicted molar refractivity (Wildman–Crippen MR) is 130 cm³/mol. The van der Waals surface area contributed by atoms with Gasteiger partial charge in [-0.2, -0.15) is 0 Å². The van der Waals surface area contributed by atoms with E-state index in [-0.39, 0.29) is 11.7 Å². The number of ether oxygens (including phenoxy) is 1. The lowest BCUT2D eigenvalue weighted by Gasteiger charge is -2.30. The van der Waals surface area contributed by atoms with Crippen LogP contribution in [0.15, 0.2) is 47.3 Å². The second-order valence-corrected chi connectivity index (χ2v) is 9.35. The summed E-state index contributed by atoms with van der Waals surface area (Å²) in [6.45, 7) is 6.25. The SMILES string of the molecule is Cc1ccc2cc([C@H](c3nnnn3C[C@@H]3CCCO3)N3CCc4ccccc43)c(=O)[nH]c2c1C. The van der Waals surface area contributed by atoms with E-state index in [4.69, 9.17) is 4.74 Å². The molecule has 1 fully saturated rings. The molecule has 0 spiro atoms. The maximum Gasteiger partial charge on any atom is 0.254 e. The molecular weight excluding hydrogens is 428 g/mol. The zero-order chi connectivity index (χ0) is 23.2. The minimum atomic E-state index is -0.408. The van der Waals surface area contributed by atoms with Crippen LogP contribution in [0.25, 0.3) is 10.9 Å². The van der Waals surface area contributed by atoms with Crippen molar-refractivity contribution >= 4 is 16.6 Å². The van der Waals surface area contributed by atoms with E-state index in [1.165, 1.54) is 5.56 Å². The quantitative estimate of drug-likeness (QED) is 0.495. The highest BCUT2D eigenvalue weighted by molar-refractivity contribution is 5.83. The van der Waals surface area contributed by atoms with E-state index in [1.54, 1.807) is 0 Å². The lowest BCUT2D eigenvalue weighted by atomic mass is 10.00. The van der Waals surface area contributed by atoms with Gasteiger partial charge >= 0.3 is 0 Å². The number of nitrogens with zero attached hydrogens (tertiary/aromatic N) is 5. The van der Waals surface area contributed by atoms with Gasteiger partial charge in [0.2, 0.25) is 0 Å². The highest BCUT2D eigenvalue weighted by atomic mass is 16.5. The van der Waals surface area contributed by atoms with Crippen molar-refractivity contribution in [2.24, 2.45) is 0 Å². The van der Waals surface area contributed by atoms with Gasteiger partial charge in [-0.15, -0.1) is 5.10 Å². The van der Waals surface area contributed by atoms with Crippen molar-refractivity contribution in [3.8, 4) is 0 Å². The smallest absolute Gasteiger partial charge is 0.254 e. The van der Waals surface area contributed by atoms with Crippen LogP contribution in [0.2, 0.25) is 0 Å². The molecule has 1 N–H and O–H groups in total. The van der Waals surface area contributed by atoms with Crippen LogP contribution in [0.5, 0.6) is 0 Å². The molecule has 0 bridgehead atoms. The highest BCUT2D eigenvalue weighted by Crippen LogP contribution is 2.37. The van der Waals surface area contributed by atoms with Gasteiger partial charge in [-0.05, 0) is 77.7 Å². The number of pyridine rings is 1. The largest absolute Gasteiger partial charge is 0.376 e. The van der Waals surface area contributed by atoms with Crippen LogP contribution in [-0.4, -0.2) is 44.4 Å². The monoisotopic (exact) mass is 456 g/mol. The van der Waals surface area contributed by atoms with Gasteiger partial charge in [0.25, 0.3) is 5.56 Å². The number of para-hydroxylation sites is 1. The normalized spacial score (nSPS) is 18.5. The first-order valence-corrected chi connectivity index (χ1v) is 12.0. The van der Waals surface area contributed by atoms with Crippen molar-refractivity contribution in [3.63, 3.8) is 0 Å². The number of hydrogen-bond donors (Lipinski definition) is 1. The summed E-state index contributed by atoms with van der Waals surface area (Å²) in [5, 5.41) is 13.8. The molecule has 2 aliphatic heterocycles. The fraction of sp³-hybridized carbons (Fsp3) is 0.385. The van der Waals surface area contributed by atoms with Gasteiger partial charge in [0.05, 0.1) is 18.2 Å². The minimum absolute atomic E-state index is 0.0919. The Morgan fingerprint density at radius 3 is 2.94 bits per heavy atom. The first kappa shape index (κ1) is 21.0. The summed E-state index contributed by atoms with van der Waals surface area (Å²) in [6.07, 6.45) is 3.05. The average molecular weight is 457 g/mol. The van der Waals surface area contributed by atoms with Crippen LogP contribution in [0, 0.1) is 13.8 Å². The summed E-state index contributed by atoms with van der Waals surface area (Å²) in [6, 6.07) is 14.1. The van der Waals surface area contributed by atoms with Crippen molar-refractivity contribution in [3.05, 3.63) is 80.9 Å². The average Bonchev–Trinajstić information content (AvgIpc) is 3.61. The summed E-state index contributed by atoms with van der Waals surface area (Å²) in [5.41, 5.74) is 6.06. The second kappa shape index (κ2) is 8.36. The third-order valence-corrected chi connectivity index (χ3v) is 7.31. The van der Waals surface area contributed by atoms with E-state index in [0.29, 0.717) is 17.9 Å². The lowest BCUT2D eigenvalue weighted by Crippen LogP contribution is -2.35. The van der Waals surface area contributed by atoms with Crippen molar-refractivity contribution in [2.75, 3.05) is 18.1 Å². The van der Waals surface area contributed by atoms with E-state index in [9.17, 15) is 4.79 Å². The van der Waals surface area contributed by atoms with Gasteiger partial charge in [0.1, 0.15) is 6.04 Å². The minimum Gasteiger partial charge on any atom is -0.376 e. The molecule has 2 aromatic heterocycles. The number of rotatable bonds is 5. The number of hydrogen-bond acceptors (Lipinski definition) is 6. The molecule has 4 aromatic rings. The maximum atomic E-state index is 13.6. The fourth-order valence-electron chi connectivity index (χ4n) is 5.34. The molecule has 8 nitrogen and oxygen atoms in total. The number of aromatic nitrogens is 5. The van der Waals surface area contributed by atoms with Crippen LogP contribution in [0.3, 0.4) is 0 Å². The molecule has 0 aliphatic carbocycles. The van der Waals surface area contributed by atoms with E-state index >= 15 is 0 Å². The summed E-state index contributed by atoms with van der Waals surface area (Å²) in [4.78, 5) is 19.0. The number of tetrazole rings is 1. The molecule has 0 saturated carbocycles. The standard InChI is InChI=1S/C26H28N6O2/c1-16-9-10-19-14-21(26(33)27-23(19)17(16)2)24(31-12-11-18-6-3-4-8-22(18)31)25-28-29-30-32(25)15-20-7-5-13-34-20/h3-4,6,8-10,14,20,24H,5,7,11-13,15H2,1-2H3,(H,27,33)/t20-,24+/m0/s1. The van der Waals surface area contributed by atoms with Gasteiger partial charge in [0, 0.05) is 24.4 Å². The van der Waals surface area contributed by atoms with Gasteiger partial charge in [-0.3, -0.25) is 4.79 Å². The molecule has 6 rings (SSSR count). The van der Waals surface area contributed by atoms with E-state index < -0.39 is 6.04 Å². The van der Waals surface area contributed by atoms with Crippen LogP contribution >= 0.6 is 0 Å². The summed E-state index contributed by atoms with van der Waals surface area (Å²) in [7, 11) is 0. The summed E-state index contributed by atoms with van der Waals surface area (Å²) >= 11 is 0. The van der Waals surface area contributed by atoms with Gasteiger partial charge in [-0.1, -0.05) is 30.3 Å². The van der Waals surface area contributed by atoms with E-state index in [0.717, 1.165) is 60.1 Å². The van der Waals surface area contributed by atoms with Crippen LogP contribution < -0.4 is 10.5 Å². The Kier molecular flexibility index (Phi) is 5.17. The Labute approximate surface area is 197 Å². The fourth-order valence-corrected chi connectivity index (χ4v) is 5.34. The molecule has 174 valence electrons. The zero-order valence-electron chi connectivity index (χ0n) is 19.5. The zero-order valence-corrected chi connectivity index (χ0v) is 19.5. The molecule has 34 heavy (non-hydrogen) atoms. The number of nitrogens with one attached hydrogen (secondary N) is 1. The molecular formula is C26H28N6O2. The maximum absolute atomic E-state index is 13.6. The summed E-state index contributed by atoms with van der Waals surface area (Å²) < 4.78 is 7.68. The molecule has 2 aliphatic rings. The number of fused-ring (bicyclic) bond motifs is 2. The molecule has 0 amide bonds. The van der Waals surface area contributed by atoms with E-state index in [1.807, 2.05) is 23.7 Å².